The van der Waals surface area contributed by atoms with Crippen LogP contribution in [-0.2, 0) is 5.41 Å². The zero-order valence-electron chi connectivity index (χ0n) is 31.2. The highest BCUT2D eigenvalue weighted by atomic mass is 32.2. The number of hydrogen-bond acceptors (Lipinski definition) is 5. The lowest BCUT2D eigenvalue weighted by Crippen LogP contribution is -2.32. The molecule has 11 rings (SSSR count). The van der Waals surface area contributed by atoms with Gasteiger partial charge in [-0.05, 0) is 79.9 Å². The Balaban J connectivity index is 1.12. The Morgan fingerprint density at radius 2 is 1.02 bits per heavy atom. The largest absolute Gasteiger partial charge is 0.224 e. The van der Waals surface area contributed by atoms with Gasteiger partial charge in [-0.15, -0.1) is 10.2 Å². The Labute approximate surface area is 341 Å². The molecule has 1 aromatic heterocycles. The summed E-state index contributed by atoms with van der Waals surface area (Å²) in [6.45, 7) is 0. The summed E-state index contributed by atoms with van der Waals surface area (Å²) in [5.41, 5.74) is 16.5. The highest BCUT2D eigenvalue weighted by Crippen LogP contribution is 2.63. The molecule has 0 radical (unpaired) electrons. The van der Waals surface area contributed by atoms with Crippen molar-refractivity contribution >= 4 is 11.8 Å². The fourth-order valence-electron chi connectivity index (χ4n) is 9.00. The van der Waals surface area contributed by atoms with Gasteiger partial charge < -0.3 is 0 Å². The molecule has 2 heterocycles. The Morgan fingerprint density at radius 3 is 1.79 bits per heavy atom. The molecule has 1 aliphatic heterocycles. The number of rotatable bonds is 5. The summed E-state index contributed by atoms with van der Waals surface area (Å²) in [6, 6.07) is 70.5. The maximum Gasteiger partial charge on any atom is 0.182 e. The van der Waals surface area contributed by atoms with Crippen LogP contribution in [0.4, 0.5) is 0 Å². The van der Waals surface area contributed by atoms with E-state index in [1.54, 1.807) is 0 Å². The average molecular weight is 757 g/mol. The van der Waals surface area contributed by atoms with Crippen LogP contribution in [0.3, 0.4) is 0 Å². The molecule has 0 saturated carbocycles. The van der Waals surface area contributed by atoms with Crippen LogP contribution < -0.4 is 0 Å². The van der Waals surface area contributed by atoms with Gasteiger partial charge in [0.25, 0.3) is 0 Å². The van der Waals surface area contributed by atoms with Crippen molar-refractivity contribution in [3.63, 3.8) is 0 Å². The molecule has 0 N–H and O–H groups in total. The van der Waals surface area contributed by atoms with Gasteiger partial charge in [-0.3, -0.25) is 0 Å². The van der Waals surface area contributed by atoms with Crippen LogP contribution in [0.1, 0.15) is 27.8 Å². The van der Waals surface area contributed by atoms with Crippen LogP contribution >= 0.6 is 11.8 Å². The molecule has 4 nitrogen and oxygen atoms in total. The number of nitriles is 1. The minimum Gasteiger partial charge on any atom is -0.224 e. The van der Waals surface area contributed by atoms with Crippen LogP contribution in [0.5, 0.6) is 0 Å². The number of fused-ring (bicyclic) bond motifs is 9. The average Bonchev–Trinajstić information content (AvgIpc) is 3.59. The van der Waals surface area contributed by atoms with Crippen LogP contribution in [0, 0.1) is 11.3 Å². The number of hydrogen-bond donors (Lipinski definition) is 0. The van der Waals surface area contributed by atoms with Gasteiger partial charge in [0.15, 0.2) is 5.82 Å². The number of aromatic nitrogens is 3. The molecule has 1 atom stereocenters. The minimum absolute atomic E-state index is 0.535. The quantitative estimate of drug-likeness (QED) is 0.175. The van der Waals surface area contributed by atoms with E-state index in [1.165, 1.54) is 48.7 Å². The molecule has 0 amide bonds. The van der Waals surface area contributed by atoms with Gasteiger partial charge in [-0.25, -0.2) is 4.98 Å². The van der Waals surface area contributed by atoms with E-state index in [1.807, 2.05) is 72.4 Å². The highest BCUT2D eigenvalue weighted by Gasteiger charge is 2.50. The molecule has 1 spiro atoms. The fourth-order valence-corrected chi connectivity index (χ4v) is 10.3. The summed E-state index contributed by atoms with van der Waals surface area (Å²) < 4.78 is 0. The highest BCUT2D eigenvalue weighted by molar-refractivity contribution is 7.99. The minimum atomic E-state index is -0.535. The van der Waals surface area contributed by atoms with Gasteiger partial charge in [0, 0.05) is 26.5 Å². The molecule has 58 heavy (non-hydrogen) atoms. The summed E-state index contributed by atoms with van der Waals surface area (Å²) in [5.74, 6) is 0.591. The molecule has 5 heteroatoms. The summed E-state index contributed by atoms with van der Waals surface area (Å²) in [4.78, 5) is 7.64. The fraction of sp³-hybridized carbons (Fsp3) is 0.0189. The van der Waals surface area contributed by atoms with Gasteiger partial charge in [0.2, 0.25) is 0 Å². The first-order valence-corrected chi connectivity index (χ1v) is 20.1. The first kappa shape index (κ1) is 33.9. The summed E-state index contributed by atoms with van der Waals surface area (Å²) in [7, 11) is 0. The lowest BCUT2D eigenvalue weighted by molar-refractivity contribution is 0.723. The normalized spacial score (nSPS) is 14.5. The zero-order chi connectivity index (χ0) is 38.6. The number of benzene rings is 8. The molecule has 0 fully saturated rings. The summed E-state index contributed by atoms with van der Waals surface area (Å²) >= 11 is 1.84. The topological polar surface area (TPSA) is 62.5 Å². The zero-order valence-corrected chi connectivity index (χ0v) is 32.0. The Morgan fingerprint density at radius 1 is 0.414 bits per heavy atom. The Kier molecular flexibility index (Phi) is 7.99. The lowest BCUT2D eigenvalue weighted by atomic mass is 9.67. The predicted octanol–water partition coefficient (Wildman–Crippen LogP) is 12.9. The van der Waals surface area contributed by atoms with Crippen LogP contribution in [-0.4, -0.2) is 15.2 Å². The summed E-state index contributed by atoms with van der Waals surface area (Å²) in [6.07, 6.45) is 0. The second kappa shape index (κ2) is 13.7. The van der Waals surface area contributed by atoms with E-state index in [2.05, 4.69) is 140 Å². The first-order chi connectivity index (χ1) is 28.7. The van der Waals surface area contributed by atoms with E-state index in [9.17, 15) is 5.26 Å². The van der Waals surface area contributed by atoms with Gasteiger partial charge in [0.05, 0.1) is 17.0 Å². The molecule has 9 aromatic rings. The SMILES string of the molecule is N#Cc1ccc(-c2cccc3c2Sc2ccccc2C32c3ccccc3-c3cc(-c4ccccc4-c4nnc(-c5ccccc5)nc4-c4ccccc4)ccc32)cc1. The Bertz CT molecular complexity index is 3100. The molecule has 0 saturated heterocycles. The molecule has 2 aliphatic rings. The smallest absolute Gasteiger partial charge is 0.182 e. The third kappa shape index (κ3) is 5.20. The van der Waals surface area contributed by atoms with Gasteiger partial charge >= 0.3 is 0 Å². The van der Waals surface area contributed by atoms with Crippen molar-refractivity contribution in [2.75, 3.05) is 0 Å². The van der Waals surface area contributed by atoms with E-state index < -0.39 is 5.41 Å². The maximum atomic E-state index is 9.54. The van der Waals surface area contributed by atoms with Crippen molar-refractivity contribution in [1.82, 2.24) is 15.2 Å². The Hall–Kier alpha value is -7.39. The van der Waals surface area contributed by atoms with E-state index in [-0.39, 0.29) is 0 Å². The van der Waals surface area contributed by atoms with Crippen LogP contribution in [0.2, 0.25) is 0 Å². The standard InChI is InChI=1S/C53H32N4S/c54-33-34-26-28-35(29-27-34)40-21-13-24-47-51(40)58-48-25-12-11-23-46(48)53(47)44-22-10-9-19-41(44)43-32-38(30-31-45(43)53)39-18-7-8-20-42(39)50-49(36-14-3-1-4-15-36)55-52(57-56-50)37-16-5-2-6-17-37/h1-32H. The monoisotopic (exact) mass is 756 g/mol. The molecule has 0 bridgehead atoms. The molecule has 1 aliphatic carbocycles. The van der Waals surface area contributed by atoms with Crippen molar-refractivity contribution in [2.24, 2.45) is 0 Å². The van der Waals surface area contributed by atoms with Crippen LogP contribution in [0.15, 0.2) is 204 Å². The van der Waals surface area contributed by atoms with Crippen LogP contribution in [0.25, 0.3) is 67.3 Å². The summed E-state index contributed by atoms with van der Waals surface area (Å²) in [5, 5.41) is 19.2. The van der Waals surface area contributed by atoms with Gasteiger partial charge in [0.1, 0.15) is 11.4 Å². The maximum absolute atomic E-state index is 9.54. The molecular weight excluding hydrogens is 725 g/mol. The molecule has 1 unspecified atom stereocenters. The molecule has 8 aromatic carbocycles. The van der Waals surface area contributed by atoms with Crippen molar-refractivity contribution in [3.8, 4) is 73.4 Å². The number of nitrogens with zero attached hydrogens (tertiary/aromatic N) is 4. The van der Waals surface area contributed by atoms with E-state index in [4.69, 9.17) is 15.2 Å². The van der Waals surface area contributed by atoms with Crippen molar-refractivity contribution in [3.05, 3.63) is 222 Å². The van der Waals surface area contributed by atoms with Crippen molar-refractivity contribution in [1.29, 1.82) is 5.26 Å². The van der Waals surface area contributed by atoms with Gasteiger partial charge in [-0.2, -0.15) is 5.26 Å². The first-order valence-electron chi connectivity index (χ1n) is 19.3. The molecule has 270 valence electrons. The van der Waals surface area contributed by atoms with E-state index in [0.717, 1.165) is 44.8 Å². The van der Waals surface area contributed by atoms with E-state index >= 15 is 0 Å². The third-order valence-corrected chi connectivity index (χ3v) is 12.8. The second-order valence-electron chi connectivity index (χ2n) is 14.6. The predicted molar refractivity (Wildman–Crippen MR) is 233 cm³/mol. The van der Waals surface area contributed by atoms with Gasteiger partial charge in [-0.1, -0.05) is 182 Å². The van der Waals surface area contributed by atoms with Crippen molar-refractivity contribution < 1.29 is 0 Å². The van der Waals surface area contributed by atoms with E-state index in [0.29, 0.717) is 11.4 Å². The lowest BCUT2D eigenvalue weighted by Gasteiger charge is -2.40. The third-order valence-electron chi connectivity index (χ3n) is 11.6. The molecular formula is C53H32N4S. The van der Waals surface area contributed by atoms with Crippen molar-refractivity contribution in [2.45, 2.75) is 15.2 Å². The second-order valence-corrected chi connectivity index (χ2v) is 15.7.